The van der Waals surface area contributed by atoms with Crippen LogP contribution in [0.4, 0.5) is 0 Å². The van der Waals surface area contributed by atoms with E-state index in [2.05, 4.69) is 39.8 Å². The first kappa shape index (κ1) is 21.9. The lowest BCUT2D eigenvalue weighted by molar-refractivity contribution is 0.0697. The summed E-state index contributed by atoms with van der Waals surface area (Å²) in [6.07, 6.45) is 3.27. The Morgan fingerprint density at radius 2 is 1.53 bits per heavy atom. The smallest absolute Gasteiger partial charge is 0.335 e. The van der Waals surface area contributed by atoms with Crippen LogP contribution in [0.2, 0.25) is 0 Å². The molecule has 3 aromatic carbocycles. The Morgan fingerprint density at radius 3 is 2.13 bits per heavy atom. The molecule has 0 bridgehead atoms. The van der Waals surface area contributed by atoms with Gasteiger partial charge in [0.05, 0.1) is 5.56 Å². The van der Waals surface area contributed by atoms with Crippen LogP contribution in [0.25, 0.3) is 21.9 Å². The van der Waals surface area contributed by atoms with Crippen molar-refractivity contribution in [3.63, 3.8) is 0 Å². The second-order valence-electron chi connectivity index (χ2n) is 8.93. The molecule has 3 aromatic rings. The highest BCUT2D eigenvalue weighted by Crippen LogP contribution is 2.38. The van der Waals surface area contributed by atoms with Gasteiger partial charge in [-0.15, -0.1) is 0 Å². The number of phenolic OH excluding ortho intramolecular Hbond substituents is 1. The molecule has 0 amide bonds. The average molecular weight is 405 g/mol. The van der Waals surface area contributed by atoms with Crippen LogP contribution in [-0.4, -0.2) is 16.2 Å². The van der Waals surface area contributed by atoms with Crippen molar-refractivity contribution >= 4 is 16.7 Å². The van der Waals surface area contributed by atoms with E-state index in [4.69, 9.17) is 5.11 Å². The molecule has 0 aliphatic carbocycles. The largest absolute Gasteiger partial charge is 0.508 e. The summed E-state index contributed by atoms with van der Waals surface area (Å²) in [6.45, 7) is 9.02. The molecule has 0 saturated heterocycles. The predicted molar refractivity (Wildman–Crippen MR) is 124 cm³/mol. The Labute approximate surface area is 179 Å². The molecule has 0 saturated carbocycles. The summed E-state index contributed by atoms with van der Waals surface area (Å²) >= 11 is 0. The first-order valence-corrected chi connectivity index (χ1v) is 10.9. The minimum absolute atomic E-state index is 0.285. The number of rotatable bonds is 8. The molecule has 0 aromatic heterocycles. The highest BCUT2D eigenvalue weighted by Gasteiger charge is 2.18. The summed E-state index contributed by atoms with van der Waals surface area (Å²) in [5, 5.41) is 21.9. The summed E-state index contributed by atoms with van der Waals surface area (Å²) < 4.78 is 0. The van der Waals surface area contributed by atoms with Crippen LogP contribution in [-0.2, 0) is 0 Å². The fourth-order valence-corrected chi connectivity index (χ4v) is 4.52. The monoisotopic (exact) mass is 404 g/mol. The Kier molecular flexibility index (Phi) is 6.81. The molecule has 2 atom stereocenters. The number of carboxylic acid groups (broad SMARTS) is 1. The van der Waals surface area contributed by atoms with Gasteiger partial charge in [-0.25, -0.2) is 4.79 Å². The molecular formula is C27H32O3. The fraction of sp³-hybridized carbons (Fsp3) is 0.370. The minimum Gasteiger partial charge on any atom is -0.508 e. The molecule has 0 fully saturated rings. The van der Waals surface area contributed by atoms with E-state index in [1.54, 1.807) is 12.1 Å². The Bertz CT molecular complexity index is 1020. The highest BCUT2D eigenvalue weighted by atomic mass is 16.4. The van der Waals surface area contributed by atoms with Crippen molar-refractivity contribution < 1.29 is 15.0 Å². The van der Waals surface area contributed by atoms with E-state index >= 15 is 0 Å². The van der Waals surface area contributed by atoms with E-state index in [1.165, 1.54) is 6.42 Å². The van der Waals surface area contributed by atoms with Gasteiger partial charge in [0.25, 0.3) is 0 Å². The van der Waals surface area contributed by atoms with Gasteiger partial charge in [-0.3, -0.25) is 0 Å². The molecule has 0 spiro atoms. The average Bonchev–Trinajstić information content (AvgIpc) is 2.71. The number of aromatic carboxylic acids is 1. The quantitative estimate of drug-likeness (QED) is 0.409. The Morgan fingerprint density at radius 1 is 0.867 bits per heavy atom. The highest BCUT2D eigenvalue weighted by molar-refractivity contribution is 5.91. The number of carbonyl (C=O) groups is 1. The maximum atomic E-state index is 11.1. The van der Waals surface area contributed by atoms with Crippen LogP contribution >= 0.6 is 0 Å². The lowest BCUT2D eigenvalue weighted by Gasteiger charge is -2.23. The summed E-state index contributed by atoms with van der Waals surface area (Å²) in [5.41, 5.74) is 3.33. The van der Waals surface area contributed by atoms with E-state index in [-0.39, 0.29) is 5.56 Å². The maximum absolute atomic E-state index is 11.1. The van der Waals surface area contributed by atoms with Crippen LogP contribution in [0.5, 0.6) is 5.75 Å². The molecule has 158 valence electrons. The van der Waals surface area contributed by atoms with Gasteiger partial charge >= 0.3 is 5.97 Å². The number of carboxylic acids is 1. The van der Waals surface area contributed by atoms with Gasteiger partial charge in [0, 0.05) is 0 Å². The predicted octanol–water partition coefficient (Wildman–Crippen LogP) is 7.48. The summed E-state index contributed by atoms with van der Waals surface area (Å²) in [7, 11) is 0. The standard InChI is InChI=1S/C27H32O3/c1-5-19(13-18(4)12-17(2)3)25-15-24-14-22(10-11-23(24)16-26(25)28)20-6-8-21(9-7-20)27(29)30/h6-11,14-19,28H,5,12-13H2,1-4H3,(H,29,30). The molecule has 2 N–H and O–H groups in total. The third kappa shape index (κ3) is 5.02. The zero-order valence-corrected chi connectivity index (χ0v) is 18.4. The summed E-state index contributed by atoms with van der Waals surface area (Å²) in [4.78, 5) is 11.1. The van der Waals surface area contributed by atoms with Gasteiger partial charge in [-0.2, -0.15) is 0 Å². The van der Waals surface area contributed by atoms with Crippen molar-refractivity contribution in [2.45, 2.75) is 52.9 Å². The van der Waals surface area contributed by atoms with Crippen LogP contribution < -0.4 is 0 Å². The maximum Gasteiger partial charge on any atom is 0.335 e. The summed E-state index contributed by atoms with van der Waals surface area (Å²) in [6, 6.07) is 17.1. The molecule has 0 aliphatic heterocycles. The Hall–Kier alpha value is -2.81. The summed E-state index contributed by atoms with van der Waals surface area (Å²) in [5.74, 6) is 1.09. The molecule has 2 unspecified atom stereocenters. The first-order valence-electron chi connectivity index (χ1n) is 10.9. The molecular weight excluding hydrogens is 372 g/mol. The second kappa shape index (κ2) is 9.34. The SMILES string of the molecule is CCC(CC(C)CC(C)C)c1cc2cc(-c3ccc(C(=O)O)cc3)ccc2cc1O. The third-order valence-electron chi connectivity index (χ3n) is 5.94. The van der Waals surface area contributed by atoms with Crippen LogP contribution in [0.3, 0.4) is 0 Å². The topological polar surface area (TPSA) is 57.5 Å². The number of phenols is 1. The molecule has 0 radical (unpaired) electrons. The lowest BCUT2D eigenvalue weighted by atomic mass is 9.83. The van der Waals surface area contributed by atoms with Gasteiger partial charge in [0.2, 0.25) is 0 Å². The number of aromatic hydroxyl groups is 1. The third-order valence-corrected chi connectivity index (χ3v) is 5.94. The van der Waals surface area contributed by atoms with Gasteiger partial charge < -0.3 is 10.2 Å². The van der Waals surface area contributed by atoms with Gasteiger partial charge in [0.15, 0.2) is 0 Å². The molecule has 3 nitrogen and oxygen atoms in total. The normalized spacial score (nSPS) is 13.5. The van der Waals surface area contributed by atoms with Gasteiger partial charge in [0.1, 0.15) is 5.75 Å². The molecule has 0 heterocycles. The number of hydrogen-bond donors (Lipinski definition) is 2. The van der Waals surface area contributed by atoms with E-state index in [9.17, 15) is 9.90 Å². The van der Waals surface area contributed by atoms with Crippen LogP contribution in [0.15, 0.2) is 54.6 Å². The minimum atomic E-state index is -0.919. The number of fused-ring (bicyclic) bond motifs is 1. The van der Waals surface area contributed by atoms with Crippen LogP contribution in [0, 0.1) is 11.8 Å². The molecule has 0 aliphatic rings. The van der Waals surface area contributed by atoms with E-state index in [1.807, 2.05) is 30.3 Å². The van der Waals surface area contributed by atoms with Gasteiger partial charge in [-0.05, 0) is 94.8 Å². The molecule has 3 rings (SSSR count). The Balaban J connectivity index is 1.95. The van der Waals surface area contributed by atoms with E-state index < -0.39 is 5.97 Å². The second-order valence-corrected chi connectivity index (χ2v) is 8.93. The number of hydrogen-bond acceptors (Lipinski definition) is 2. The van der Waals surface area contributed by atoms with Crippen molar-refractivity contribution in [3.8, 4) is 16.9 Å². The zero-order valence-electron chi connectivity index (χ0n) is 18.4. The zero-order chi connectivity index (χ0) is 21.8. The number of benzene rings is 3. The van der Waals surface area contributed by atoms with E-state index in [0.717, 1.165) is 40.3 Å². The van der Waals surface area contributed by atoms with Crippen molar-refractivity contribution in [2.75, 3.05) is 0 Å². The first-order chi connectivity index (χ1) is 14.3. The fourth-order valence-electron chi connectivity index (χ4n) is 4.52. The van der Waals surface area contributed by atoms with Crippen molar-refractivity contribution in [1.29, 1.82) is 0 Å². The van der Waals surface area contributed by atoms with Crippen LogP contribution in [0.1, 0.15) is 68.8 Å². The van der Waals surface area contributed by atoms with Crippen molar-refractivity contribution in [3.05, 3.63) is 65.7 Å². The molecule has 3 heteroatoms. The lowest BCUT2D eigenvalue weighted by Crippen LogP contribution is -2.07. The van der Waals surface area contributed by atoms with Crippen molar-refractivity contribution in [1.82, 2.24) is 0 Å². The molecule has 30 heavy (non-hydrogen) atoms. The van der Waals surface area contributed by atoms with Crippen molar-refractivity contribution in [2.24, 2.45) is 11.8 Å². The van der Waals surface area contributed by atoms with E-state index in [0.29, 0.717) is 23.5 Å². The van der Waals surface area contributed by atoms with Gasteiger partial charge in [-0.1, -0.05) is 52.0 Å².